The largest absolute Gasteiger partial charge is 0.497 e. The molecule has 9 heteroatoms. The molecule has 0 aliphatic heterocycles. The number of aromatic amines is 1. The molecule has 3 aromatic rings. The maximum atomic E-state index is 12.4. The molecule has 156 valence electrons. The molecule has 0 aliphatic rings. The second kappa shape index (κ2) is 10.1. The summed E-state index contributed by atoms with van der Waals surface area (Å²) in [5, 5.41) is 12.1. The van der Waals surface area contributed by atoms with Crippen molar-refractivity contribution in [2.45, 2.75) is 13.8 Å². The van der Waals surface area contributed by atoms with E-state index in [1.165, 1.54) is 0 Å². The summed E-state index contributed by atoms with van der Waals surface area (Å²) in [6.45, 7) is 4.90. The number of benzene rings is 2. The van der Waals surface area contributed by atoms with Crippen molar-refractivity contribution < 1.29 is 14.2 Å². The quantitative estimate of drug-likeness (QED) is 0.413. The van der Waals surface area contributed by atoms with Gasteiger partial charge in [0.2, 0.25) is 5.95 Å². The lowest BCUT2D eigenvalue weighted by molar-refractivity contribution is 0.323. The standard InChI is InChI=1S/C21H23N5O4/c1-4-29-17-11-8-15(18(12-17)30-5-2)13-22-25-21-23-20(27)19(24-26-21)14-6-9-16(28-3)10-7-14/h6-13H,4-5H2,1-3H3,(H2,23,25,26,27)/b22-13+. The van der Waals surface area contributed by atoms with Crippen LogP contribution in [0.3, 0.4) is 0 Å². The molecule has 0 aliphatic carbocycles. The number of anilines is 1. The van der Waals surface area contributed by atoms with Crippen molar-refractivity contribution in [1.82, 2.24) is 15.2 Å². The van der Waals surface area contributed by atoms with Crippen LogP contribution in [-0.4, -0.2) is 41.7 Å². The third-order valence-corrected chi connectivity index (χ3v) is 4.03. The molecule has 0 saturated carbocycles. The highest BCUT2D eigenvalue weighted by Crippen LogP contribution is 2.24. The molecule has 9 nitrogen and oxygen atoms in total. The Morgan fingerprint density at radius 2 is 1.77 bits per heavy atom. The molecular formula is C21H23N5O4. The molecule has 0 atom stereocenters. The summed E-state index contributed by atoms with van der Waals surface area (Å²) < 4.78 is 16.2. The predicted molar refractivity (Wildman–Crippen MR) is 115 cm³/mol. The number of H-pyrrole nitrogens is 1. The van der Waals surface area contributed by atoms with Crippen LogP contribution in [0.2, 0.25) is 0 Å². The fourth-order valence-electron chi connectivity index (χ4n) is 2.65. The Morgan fingerprint density at radius 3 is 2.43 bits per heavy atom. The van der Waals surface area contributed by atoms with Crippen LogP contribution in [0.5, 0.6) is 17.2 Å². The topological polar surface area (TPSA) is 111 Å². The Labute approximate surface area is 173 Å². The number of rotatable bonds is 9. The first-order chi connectivity index (χ1) is 14.6. The second-order valence-corrected chi connectivity index (χ2v) is 6.02. The fourth-order valence-corrected chi connectivity index (χ4v) is 2.65. The maximum Gasteiger partial charge on any atom is 0.279 e. The normalized spacial score (nSPS) is 10.8. The number of hydrogen-bond donors (Lipinski definition) is 2. The third kappa shape index (κ3) is 5.13. The van der Waals surface area contributed by atoms with Gasteiger partial charge in [-0.05, 0) is 50.2 Å². The highest BCUT2D eigenvalue weighted by atomic mass is 16.5. The van der Waals surface area contributed by atoms with Crippen LogP contribution in [0.25, 0.3) is 11.3 Å². The van der Waals surface area contributed by atoms with Crippen LogP contribution in [-0.2, 0) is 0 Å². The van der Waals surface area contributed by atoms with Gasteiger partial charge in [0.15, 0.2) is 5.69 Å². The highest BCUT2D eigenvalue weighted by molar-refractivity contribution is 5.84. The Kier molecular flexibility index (Phi) is 6.99. The number of methoxy groups -OCH3 is 1. The predicted octanol–water partition coefficient (Wildman–Crippen LogP) is 3.08. The number of nitrogens with zero attached hydrogens (tertiary/aromatic N) is 3. The van der Waals surface area contributed by atoms with Gasteiger partial charge in [0.25, 0.3) is 5.56 Å². The van der Waals surface area contributed by atoms with Crippen molar-refractivity contribution in [3.05, 3.63) is 58.4 Å². The molecule has 0 saturated heterocycles. The molecular weight excluding hydrogens is 386 g/mol. The molecule has 1 heterocycles. The van der Waals surface area contributed by atoms with Crippen molar-refractivity contribution in [2.75, 3.05) is 25.7 Å². The first-order valence-electron chi connectivity index (χ1n) is 9.44. The second-order valence-electron chi connectivity index (χ2n) is 6.02. The molecule has 2 aromatic carbocycles. The maximum absolute atomic E-state index is 12.4. The van der Waals surface area contributed by atoms with E-state index >= 15 is 0 Å². The monoisotopic (exact) mass is 409 g/mol. The first-order valence-corrected chi connectivity index (χ1v) is 9.44. The number of aromatic nitrogens is 3. The Bertz CT molecular complexity index is 1060. The summed E-state index contributed by atoms with van der Waals surface area (Å²) in [6, 6.07) is 12.5. The van der Waals surface area contributed by atoms with Gasteiger partial charge < -0.3 is 14.2 Å². The number of nitrogens with one attached hydrogen (secondary N) is 2. The van der Waals surface area contributed by atoms with Gasteiger partial charge in [-0.1, -0.05) is 0 Å². The van der Waals surface area contributed by atoms with Crippen LogP contribution < -0.4 is 25.2 Å². The lowest BCUT2D eigenvalue weighted by Crippen LogP contribution is -2.15. The zero-order valence-corrected chi connectivity index (χ0v) is 17.0. The van der Waals surface area contributed by atoms with Crippen LogP contribution in [0.4, 0.5) is 5.95 Å². The Morgan fingerprint density at radius 1 is 1.03 bits per heavy atom. The van der Waals surface area contributed by atoms with E-state index in [2.05, 4.69) is 25.7 Å². The van der Waals surface area contributed by atoms with Crippen molar-refractivity contribution in [2.24, 2.45) is 5.10 Å². The summed E-state index contributed by atoms with van der Waals surface area (Å²) in [6.07, 6.45) is 1.57. The van der Waals surface area contributed by atoms with Gasteiger partial charge in [-0.15, -0.1) is 10.2 Å². The smallest absolute Gasteiger partial charge is 0.279 e. The third-order valence-electron chi connectivity index (χ3n) is 4.03. The van der Waals surface area contributed by atoms with Gasteiger partial charge in [-0.3, -0.25) is 9.78 Å². The first kappa shape index (κ1) is 20.8. The molecule has 2 N–H and O–H groups in total. The van der Waals surface area contributed by atoms with E-state index in [-0.39, 0.29) is 17.2 Å². The summed E-state index contributed by atoms with van der Waals surface area (Å²) in [5.74, 6) is 2.17. The van der Waals surface area contributed by atoms with Crippen molar-refractivity contribution in [1.29, 1.82) is 0 Å². The van der Waals surface area contributed by atoms with Gasteiger partial charge in [-0.25, -0.2) is 5.43 Å². The van der Waals surface area contributed by atoms with Gasteiger partial charge in [0, 0.05) is 17.2 Å². The van der Waals surface area contributed by atoms with E-state index in [0.717, 1.165) is 11.3 Å². The van der Waals surface area contributed by atoms with E-state index < -0.39 is 0 Å². The van der Waals surface area contributed by atoms with E-state index in [1.807, 2.05) is 26.0 Å². The van der Waals surface area contributed by atoms with Gasteiger partial charge >= 0.3 is 0 Å². The molecule has 0 bridgehead atoms. The highest BCUT2D eigenvalue weighted by Gasteiger charge is 2.08. The molecule has 3 rings (SSSR count). The zero-order chi connectivity index (χ0) is 21.3. The van der Waals surface area contributed by atoms with Crippen LogP contribution >= 0.6 is 0 Å². The molecule has 0 unspecified atom stereocenters. The van der Waals surface area contributed by atoms with E-state index in [1.54, 1.807) is 43.7 Å². The summed E-state index contributed by atoms with van der Waals surface area (Å²) in [5.41, 5.74) is 3.88. The molecule has 0 spiro atoms. The number of ether oxygens (including phenoxy) is 3. The minimum absolute atomic E-state index is 0.123. The summed E-state index contributed by atoms with van der Waals surface area (Å²) >= 11 is 0. The van der Waals surface area contributed by atoms with Crippen LogP contribution in [0.1, 0.15) is 19.4 Å². The van der Waals surface area contributed by atoms with E-state index in [9.17, 15) is 4.79 Å². The van der Waals surface area contributed by atoms with Crippen molar-refractivity contribution in [3.63, 3.8) is 0 Å². The van der Waals surface area contributed by atoms with Gasteiger partial charge in [0.1, 0.15) is 17.2 Å². The molecule has 1 aromatic heterocycles. The minimum Gasteiger partial charge on any atom is -0.497 e. The summed E-state index contributed by atoms with van der Waals surface area (Å²) in [7, 11) is 1.58. The lowest BCUT2D eigenvalue weighted by Gasteiger charge is -2.10. The van der Waals surface area contributed by atoms with Gasteiger partial charge in [-0.2, -0.15) is 5.10 Å². The van der Waals surface area contributed by atoms with Gasteiger partial charge in [0.05, 0.1) is 26.5 Å². The fraction of sp³-hybridized carbons (Fsp3) is 0.238. The van der Waals surface area contributed by atoms with Crippen LogP contribution in [0, 0.1) is 0 Å². The average Bonchev–Trinajstić information content (AvgIpc) is 2.76. The molecule has 0 radical (unpaired) electrons. The van der Waals surface area contributed by atoms with E-state index in [0.29, 0.717) is 30.3 Å². The Balaban J connectivity index is 1.73. The van der Waals surface area contributed by atoms with Crippen molar-refractivity contribution >= 4 is 12.2 Å². The van der Waals surface area contributed by atoms with E-state index in [4.69, 9.17) is 14.2 Å². The van der Waals surface area contributed by atoms with Crippen LogP contribution in [0.15, 0.2) is 52.4 Å². The molecule has 0 fully saturated rings. The number of hydrazone groups is 1. The Hall–Kier alpha value is -3.88. The molecule has 0 amide bonds. The SMILES string of the molecule is CCOc1ccc(/C=N/Nc2nnc(-c3ccc(OC)cc3)c(=O)[nH]2)c(OCC)c1. The summed E-state index contributed by atoms with van der Waals surface area (Å²) in [4.78, 5) is 15.0. The number of hydrogen-bond acceptors (Lipinski definition) is 8. The van der Waals surface area contributed by atoms with Crippen molar-refractivity contribution in [3.8, 4) is 28.5 Å². The average molecular weight is 409 g/mol. The lowest BCUT2D eigenvalue weighted by atomic mass is 10.1. The minimum atomic E-state index is -0.385. The zero-order valence-electron chi connectivity index (χ0n) is 17.0. The molecule has 30 heavy (non-hydrogen) atoms.